The zero-order valence-corrected chi connectivity index (χ0v) is 14.1. The summed E-state index contributed by atoms with van der Waals surface area (Å²) in [4.78, 5) is 12.4. The van der Waals surface area contributed by atoms with Crippen LogP contribution in [0.25, 0.3) is 11.3 Å². The molecule has 1 amide bonds. The number of carbonyl (C=O) groups excluding carboxylic acids is 1. The molecule has 0 fully saturated rings. The van der Waals surface area contributed by atoms with Crippen LogP contribution in [-0.2, 0) is 6.54 Å². The SMILES string of the molecule is CCNC(=O)c1cn(Cc2ccccc2)nc1-c1ccc(Cl)cc1. The van der Waals surface area contributed by atoms with E-state index in [1.165, 1.54) is 0 Å². The van der Waals surface area contributed by atoms with E-state index in [1.807, 2.05) is 49.4 Å². The average Bonchev–Trinajstić information content (AvgIpc) is 3.00. The largest absolute Gasteiger partial charge is 0.352 e. The minimum Gasteiger partial charge on any atom is -0.352 e. The molecule has 5 heteroatoms. The summed E-state index contributed by atoms with van der Waals surface area (Å²) in [6.07, 6.45) is 1.79. The van der Waals surface area contributed by atoms with Gasteiger partial charge in [-0.3, -0.25) is 9.48 Å². The fraction of sp³-hybridized carbons (Fsp3) is 0.158. The zero-order chi connectivity index (χ0) is 16.9. The molecule has 0 unspecified atom stereocenters. The quantitative estimate of drug-likeness (QED) is 0.763. The van der Waals surface area contributed by atoms with Gasteiger partial charge in [-0.05, 0) is 24.6 Å². The summed E-state index contributed by atoms with van der Waals surface area (Å²) in [5.41, 5.74) is 3.22. The summed E-state index contributed by atoms with van der Waals surface area (Å²) in [5.74, 6) is -0.123. The van der Waals surface area contributed by atoms with Crippen LogP contribution in [0.4, 0.5) is 0 Å². The Morgan fingerprint density at radius 1 is 1.12 bits per heavy atom. The van der Waals surface area contributed by atoms with Gasteiger partial charge in [0, 0.05) is 23.3 Å². The number of hydrogen-bond acceptors (Lipinski definition) is 2. The molecule has 0 aliphatic heterocycles. The van der Waals surface area contributed by atoms with Gasteiger partial charge in [0.25, 0.3) is 5.91 Å². The lowest BCUT2D eigenvalue weighted by Gasteiger charge is -2.03. The molecule has 4 nitrogen and oxygen atoms in total. The van der Waals surface area contributed by atoms with Gasteiger partial charge in [0.15, 0.2) is 0 Å². The summed E-state index contributed by atoms with van der Waals surface area (Å²) in [7, 11) is 0. The second kappa shape index (κ2) is 7.32. The number of amides is 1. The van der Waals surface area contributed by atoms with Crippen molar-refractivity contribution >= 4 is 17.5 Å². The zero-order valence-electron chi connectivity index (χ0n) is 13.4. The highest BCUT2D eigenvalue weighted by Gasteiger charge is 2.17. The van der Waals surface area contributed by atoms with Crippen molar-refractivity contribution in [3.63, 3.8) is 0 Å². The van der Waals surface area contributed by atoms with Gasteiger partial charge in [0.05, 0.1) is 12.1 Å². The van der Waals surface area contributed by atoms with E-state index < -0.39 is 0 Å². The molecule has 0 aliphatic carbocycles. The molecule has 3 rings (SSSR count). The minimum atomic E-state index is -0.123. The normalized spacial score (nSPS) is 10.6. The van der Waals surface area contributed by atoms with E-state index in [9.17, 15) is 4.79 Å². The Bertz CT molecular complexity index is 826. The highest BCUT2D eigenvalue weighted by molar-refractivity contribution is 6.30. The van der Waals surface area contributed by atoms with Crippen LogP contribution in [0.15, 0.2) is 60.8 Å². The predicted molar refractivity (Wildman–Crippen MR) is 96.2 cm³/mol. The Labute approximate surface area is 146 Å². The maximum Gasteiger partial charge on any atom is 0.255 e. The molecule has 122 valence electrons. The van der Waals surface area contributed by atoms with Crippen LogP contribution < -0.4 is 5.32 Å². The Hall–Kier alpha value is -2.59. The van der Waals surface area contributed by atoms with Crippen LogP contribution in [0, 0.1) is 0 Å². The van der Waals surface area contributed by atoms with Crippen LogP contribution in [0.5, 0.6) is 0 Å². The number of halogens is 1. The third kappa shape index (κ3) is 3.66. The molecule has 0 saturated heterocycles. The van der Waals surface area contributed by atoms with Crippen molar-refractivity contribution in [2.45, 2.75) is 13.5 Å². The van der Waals surface area contributed by atoms with Crippen molar-refractivity contribution in [1.29, 1.82) is 0 Å². The molecule has 1 aromatic heterocycles. The van der Waals surface area contributed by atoms with Gasteiger partial charge in [-0.2, -0.15) is 5.10 Å². The van der Waals surface area contributed by atoms with Crippen molar-refractivity contribution in [2.75, 3.05) is 6.54 Å². The van der Waals surface area contributed by atoms with E-state index in [0.29, 0.717) is 29.4 Å². The maximum absolute atomic E-state index is 12.4. The molecule has 2 aromatic carbocycles. The van der Waals surface area contributed by atoms with Gasteiger partial charge in [-0.15, -0.1) is 0 Å². The van der Waals surface area contributed by atoms with Crippen molar-refractivity contribution in [3.05, 3.63) is 76.9 Å². The smallest absolute Gasteiger partial charge is 0.255 e. The van der Waals surface area contributed by atoms with Crippen LogP contribution in [0.1, 0.15) is 22.8 Å². The van der Waals surface area contributed by atoms with Crippen molar-refractivity contribution in [2.24, 2.45) is 0 Å². The molecule has 0 radical (unpaired) electrons. The molecule has 1 N–H and O–H groups in total. The molecule has 0 spiro atoms. The standard InChI is InChI=1S/C19H18ClN3O/c1-2-21-19(24)17-13-23(12-14-6-4-3-5-7-14)22-18(17)15-8-10-16(20)11-9-15/h3-11,13H,2,12H2,1H3,(H,21,24). The lowest BCUT2D eigenvalue weighted by Crippen LogP contribution is -2.22. The van der Waals surface area contributed by atoms with Crippen molar-refractivity contribution in [3.8, 4) is 11.3 Å². The molecule has 0 bridgehead atoms. The van der Waals surface area contributed by atoms with Crippen LogP contribution in [0.3, 0.4) is 0 Å². The monoisotopic (exact) mass is 339 g/mol. The molecule has 24 heavy (non-hydrogen) atoms. The van der Waals surface area contributed by atoms with E-state index in [2.05, 4.69) is 10.4 Å². The van der Waals surface area contributed by atoms with E-state index in [1.54, 1.807) is 23.0 Å². The fourth-order valence-corrected chi connectivity index (χ4v) is 2.64. The first kappa shape index (κ1) is 16.3. The number of hydrogen-bond donors (Lipinski definition) is 1. The highest BCUT2D eigenvalue weighted by atomic mass is 35.5. The molecular weight excluding hydrogens is 322 g/mol. The van der Waals surface area contributed by atoms with Gasteiger partial charge in [-0.1, -0.05) is 54.1 Å². The van der Waals surface area contributed by atoms with Crippen LogP contribution in [0.2, 0.25) is 5.02 Å². The average molecular weight is 340 g/mol. The molecular formula is C19H18ClN3O. The van der Waals surface area contributed by atoms with Crippen LogP contribution in [-0.4, -0.2) is 22.2 Å². The van der Waals surface area contributed by atoms with E-state index in [-0.39, 0.29) is 5.91 Å². The van der Waals surface area contributed by atoms with Crippen molar-refractivity contribution < 1.29 is 4.79 Å². The second-order valence-electron chi connectivity index (χ2n) is 5.44. The van der Waals surface area contributed by atoms with Gasteiger partial charge in [0.2, 0.25) is 0 Å². The van der Waals surface area contributed by atoms with Gasteiger partial charge in [0.1, 0.15) is 5.69 Å². The first-order chi connectivity index (χ1) is 11.7. The lowest BCUT2D eigenvalue weighted by molar-refractivity contribution is 0.0956. The molecule has 0 saturated carbocycles. The molecule has 0 aliphatic rings. The highest BCUT2D eigenvalue weighted by Crippen LogP contribution is 2.24. The van der Waals surface area contributed by atoms with Gasteiger partial charge < -0.3 is 5.32 Å². The topological polar surface area (TPSA) is 46.9 Å². The third-order valence-corrected chi connectivity index (χ3v) is 3.90. The molecule has 3 aromatic rings. The summed E-state index contributed by atoms with van der Waals surface area (Å²) >= 11 is 5.96. The van der Waals surface area contributed by atoms with Crippen LogP contribution >= 0.6 is 11.6 Å². The number of nitrogens with zero attached hydrogens (tertiary/aromatic N) is 2. The van der Waals surface area contributed by atoms with E-state index in [4.69, 9.17) is 11.6 Å². The number of carbonyl (C=O) groups is 1. The number of benzene rings is 2. The maximum atomic E-state index is 12.4. The lowest BCUT2D eigenvalue weighted by atomic mass is 10.1. The van der Waals surface area contributed by atoms with Crippen molar-refractivity contribution in [1.82, 2.24) is 15.1 Å². The second-order valence-corrected chi connectivity index (χ2v) is 5.88. The fourth-order valence-electron chi connectivity index (χ4n) is 2.52. The Balaban J connectivity index is 1.99. The Morgan fingerprint density at radius 3 is 2.50 bits per heavy atom. The predicted octanol–water partition coefficient (Wildman–Crippen LogP) is 4.00. The summed E-state index contributed by atoms with van der Waals surface area (Å²) < 4.78 is 1.80. The first-order valence-electron chi connectivity index (χ1n) is 7.83. The van der Waals surface area contributed by atoms with E-state index >= 15 is 0 Å². The third-order valence-electron chi connectivity index (χ3n) is 3.65. The summed E-state index contributed by atoms with van der Waals surface area (Å²) in [6.45, 7) is 3.08. The van der Waals surface area contributed by atoms with Gasteiger partial charge >= 0.3 is 0 Å². The number of aromatic nitrogens is 2. The number of nitrogens with one attached hydrogen (secondary N) is 1. The Kier molecular flexibility index (Phi) is 4.96. The minimum absolute atomic E-state index is 0.123. The Morgan fingerprint density at radius 2 is 1.83 bits per heavy atom. The number of rotatable bonds is 5. The first-order valence-corrected chi connectivity index (χ1v) is 8.20. The van der Waals surface area contributed by atoms with E-state index in [0.717, 1.165) is 11.1 Å². The molecule has 1 heterocycles. The van der Waals surface area contributed by atoms with Gasteiger partial charge in [-0.25, -0.2) is 0 Å². The summed E-state index contributed by atoms with van der Waals surface area (Å²) in [6, 6.07) is 17.4. The summed E-state index contributed by atoms with van der Waals surface area (Å²) in [5, 5.41) is 8.12. The molecule has 0 atom stereocenters.